The molecule has 0 bridgehead atoms. The molecule has 3 heteroatoms. The van der Waals surface area contributed by atoms with Gasteiger partial charge in [-0.2, -0.15) is 0 Å². The molecule has 0 aromatic rings. The molecule has 0 radical (unpaired) electrons. The summed E-state index contributed by atoms with van der Waals surface area (Å²) in [6.07, 6.45) is 42.7. The molecule has 0 saturated heterocycles. The zero-order valence-corrected chi connectivity index (χ0v) is 44.4. The Bertz CT molecular complexity index is 801. The number of hydrogen-bond acceptors (Lipinski definition) is 3. The third-order valence-electron chi connectivity index (χ3n) is 11.1. The van der Waals surface area contributed by atoms with Crippen molar-refractivity contribution in [1.29, 1.82) is 0 Å². The van der Waals surface area contributed by atoms with Crippen molar-refractivity contribution >= 4 is 0 Å². The van der Waals surface area contributed by atoms with Gasteiger partial charge in [0.15, 0.2) is 0 Å². The van der Waals surface area contributed by atoms with Crippen molar-refractivity contribution in [1.82, 2.24) is 0 Å². The summed E-state index contributed by atoms with van der Waals surface area (Å²) in [4.78, 5) is 0. The van der Waals surface area contributed by atoms with Crippen LogP contribution < -0.4 is 0 Å². The minimum atomic E-state index is 0.0253. The van der Waals surface area contributed by atoms with Crippen LogP contribution in [0.3, 0.4) is 0 Å². The summed E-state index contributed by atoms with van der Waals surface area (Å²) < 4.78 is 18.0. The Kier molecular flexibility index (Phi) is 44.8. The van der Waals surface area contributed by atoms with Crippen molar-refractivity contribution in [3.05, 3.63) is 0 Å². The van der Waals surface area contributed by atoms with Crippen molar-refractivity contribution in [2.24, 2.45) is 16.7 Å². The molecule has 0 aromatic heterocycles. The number of rotatable bonds is 38. The Morgan fingerprint density at radius 1 is 0.322 bits per heavy atom. The molecule has 0 heterocycles. The molecule has 0 N–H and O–H groups in total. The highest BCUT2D eigenvalue weighted by Gasteiger charge is 2.26. The van der Waals surface area contributed by atoms with E-state index in [1.54, 1.807) is 0 Å². The predicted octanol–water partition coefficient (Wildman–Crippen LogP) is 19.9. The number of ether oxygens (including phenoxy) is 3. The standard InChI is InChI=1S/C20H42O.2C18H38O/c1-7-8-9-10-11-12-13-14-15-16-17-21-20(5,6)18-19(2,3)4;1-7-8-9-10-11-12-13-14-15-19-18(5,6)16-17(2,3)4;1-5-6-7-8-9-10-11-12-13-14-15-19-18(4)16-17(2)3/h7-18H2,1-6H3;7-16H2,1-6H3;17-18H,5-16H2,1-4H3. The lowest BCUT2D eigenvalue weighted by molar-refractivity contribution is -0.0450. The maximum atomic E-state index is 6.08. The van der Waals surface area contributed by atoms with Crippen LogP contribution in [0.5, 0.6) is 0 Å². The largest absolute Gasteiger partial charge is 0.379 e. The third-order valence-corrected chi connectivity index (χ3v) is 11.1. The topological polar surface area (TPSA) is 27.7 Å². The quantitative estimate of drug-likeness (QED) is 0.0580. The lowest BCUT2D eigenvalue weighted by Crippen LogP contribution is -2.30. The van der Waals surface area contributed by atoms with Gasteiger partial charge in [0.2, 0.25) is 0 Å². The molecular formula is C56H118O3. The van der Waals surface area contributed by atoms with Crippen LogP contribution >= 0.6 is 0 Å². The van der Waals surface area contributed by atoms with Crippen LogP contribution in [0.1, 0.15) is 310 Å². The fourth-order valence-electron chi connectivity index (χ4n) is 8.78. The Balaban J connectivity index is -0.000000799. The van der Waals surface area contributed by atoms with Crippen molar-refractivity contribution in [3.63, 3.8) is 0 Å². The van der Waals surface area contributed by atoms with E-state index >= 15 is 0 Å². The first-order chi connectivity index (χ1) is 27.7. The summed E-state index contributed by atoms with van der Waals surface area (Å²) in [7, 11) is 0. The van der Waals surface area contributed by atoms with E-state index in [4.69, 9.17) is 14.2 Å². The average molecular weight is 840 g/mol. The van der Waals surface area contributed by atoms with E-state index in [1.165, 1.54) is 186 Å². The second kappa shape index (κ2) is 41.9. The summed E-state index contributed by atoms with van der Waals surface area (Å²) in [5.41, 5.74) is 0.751. The van der Waals surface area contributed by atoms with Crippen LogP contribution in [0.25, 0.3) is 0 Å². The SMILES string of the molecule is CCCCCCCCCCCCOC(C)(C)CC(C)(C)C.CCCCCCCCCCCCOC(C)CC(C)C.CCCCCCCCCCOC(C)(C)CC(C)(C)C. The van der Waals surface area contributed by atoms with Gasteiger partial charge in [0.25, 0.3) is 0 Å². The zero-order chi connectivity index (χ0) is 45.3. The molecule has 1 unspecified atom stereocenters. The molecule has 0 spiro atoms. The fourth-order valence-corrected chi connectivity index (χ4v) is 8.78. The van der Waals surface area contributed by atoms with Crippen molar-refractivity contribution in [2.75, 3.05) is 19.8 Å². The highest BCUT2D eigenvalue weighted by Crippen LogP contribution is 2.30. The van der Waals surface area contributed by atoms with Crippen LogP contribution in [-0.4, -0.2) is 37.1 Å². The number of unbranched alkanes of at least 4 members (excludes halogenated alkanes) is 25. The van der Waals surface area contributed by atoms with Crippen LogP contribution in [0.15, 0.2) is 0 Å². The van der Waals surface area contributed by atoms with Gasteiger partial charge < -0.3 is 14.2 Å². The fraction of sp³-hybridized carbons (Fsp3) is 1.00. The van der Waals surface area contributed by atoms with Gasteiger partial charge in [-0.05, 0) is 89.9 Å². The minimum absolute atomic E-state index is 0.0253. The Morgan fingerprint density at radius 3 is 0.797 bits per heavy atom. The molecule has 3 nitrogen and oxygen atoms in total. The molecule has 0 amide bonds. The lowest BCUT2D eigenvalue weighted by atomic mass is 9.83. The van der Waals surface area contributed by atoms with Gasteiger partial charge in [0, 0.05) is 19.8 Å². The zero-order valence-electron chi connectivity index (χ0n) is 44.4. The molecule has 0 rings (SSSR count). The monoisotopic (exact) mass is 839 g/mol. The van der Waals surface area contributed by atoms with Gasteiger partial charge >= 0.3 is 0 Å². The first-order valence-corrected chi connectivity index (χ1v) is 26.6. The van der Waals surface area contributed by atoms with Gasteiger partial charge in [-0.25, -0.2) is 0 Å². The van der Waals surface area contributed by atoms with Gasteiger partial charge in [0.1, 0.15) is 0 Å². The Labute approximate surface area is 376 Å². The predicted molar refractivity (Wildman–Crippen MR) is 269 cm³/mol. The second-order valence-corrected chi connectivity index (χ2v) is 22.8. The van der Waals surface area contributed by atoms with Crippen LogP contribution in [0.2, 0.25) is 0 Å². The van der Waals surface area contributed by atoms with Crippen LogP contribution in [-0.2, 0) is 14.2 Å². The van der Waals surface area contributed by atoms with Gasteiger partial charge in [-0.1, -0.05) is 237 Å². The van der Waals surface area contributed by atoms with E-state index in [1.807, 2.05) is 0 Å². The average Bonchev–Trinajstić information content (AvgIpc) is 3.10. The smallest absolute Gasteiger partial charge is 0.0631 e. The second-order valence-electron chi connectivity index (χ2n) is 22.8. The molecule has 0 aliphatic rings. The molecule has 1 atom stereocenters. The van der Waals surface area contributed by atoms with Crippen LogP contribution in [0, 0.1) is 16.7 Å². The van der Waals surface area contributed by atoms with Crippen molar-refractivity contribution < 1.29 is 14.2 Å². The van der Waals surface area contributed by atoms with Crippen LogP contribution in [0.4, 0.5) is 0 Å². The lowest BCUT2D eigenvalue weighted by Gasteiger charge is -2.32. The highest BCUT2D eigenvalue weighted by molar-refractivity contribution is 4.78. The summed E-state index contributed by atoms with van der Waals surface area (Å²) in [5, 5.41) is 0. The summed E-state index contributed by atoms with van der Waals surface area (Å²) in [6, 6.07) is 0. The Morgan fingerprint density at radius 2 is 0.559 bits per heavy atom. The minimum Gasteiger partial charge on any atom is -0.379 e. The summed E-state index contributed by atoms with van der Waals surface area (Å²) in [6.45, 7) is 39.0. The van der Waals surface area contributed by atoms with Crippen molar-refractivity contribution in [2.45, 2.75) is 327 Å². The normalized spacial score (nSPS) is 13.0. The van der Waals surface area contributed by atoms with E-state index in [-0.39, 0.29) is 11.2 Å². The molecular weight excluding hydrogens is 721 g/mol. The summed E-state index contributed by atoms with van der Waals surface area (Å²) in [5.74, 6) is 0.753. The molecule has 0 aromatic carbocycles. The first-order valence-electron chi connectivity index (χ1n) is 26.6. The third kappa shape index (κ3) is 60.0. The maximum Gasteiger partial charge on any atom is 0.0631 e. The number of hydrogen-bond donors (Lipinski definition) is 0. The highest BCUT2D eigenvalue weighted by atomic mass is 16.5. The molecule has 0 fully saturated rings. The van der Waals surface area contributed by atoms with Crippen molar-refractivity contribution in [3.8, 4) is 0 Å². The molecule has 0 aliphatic carbocycles. The molecule has 0 aliphatic heterocycles. The Hall–Kier alpha value is -0.120. The van der Waals surface area contributed by atoms with E-state index < -0.39 is 0 Å². The first kappa shape index (κ1) is 63.2. The van der Waals surface area contributed by atoms with E-state index in [0.29, 0.717) is 16.9 Å². The summed E-state index contributed by atoms with van der Waals surface area (Å²) >= 11 is 0. The van der Waals surface area contributed by atoms with E-state index in [9.17, 15) is 0 Å². The molecule has 59 heavy (non-hydrogen) atoms. The van der Waals surface area contributed by atoms with Gasteiger partial charge in [0.05, 0.1) is 17.3 Å². The molecule has 360 valence electrons. The molecule has 0 saturated carbocycles. The van der Waals surface area contributed by atoms with Gasteiger partial charge in [-0.3, -0.25) is 0 Å². The van der Waals surface area contributed by atoms with Gasteiger partial charge in [-0.15, -0.1) is 0 Å². The maximum absolute atomic E-state index is 6.08. The van der Waals surface area contributed by atoms with E-state index in [2.05, 4.69) is 111 Å². The van der Waals surface area contributed by atoms with E-state index in [0.717, 1.165) is 38.6 Å².